The third-order valence-electron chi connectivity index (χ3n) is 2.73. The molecule has 0 spiro atoms. The summed E-state index contributed by atoms with van der Waals surface area (Å²) in [6.45, 7) is 0. The lowest BCUT2D eigenvalue weighted by molar-refractivity contribution is 0.384. The lowest BCUT2D eigenvalue weighted by Gasteiger charge is -2.05. The van der Waals surface area contributed by atoms with Gasteiger partial charge in [0.1, 0.15) is 0 Å². The number of benzene rings is 2. The first-order valence-electron chi connectivity index (χ1n) is 6.27. The predicted octanol–water partition coefficient (Wildman–Crippen LogP) is 0.187. The number of hydrogen-bond donors (Lipinski definition) is 4. The summed E-state index contributed by atoms with van der Waals surface area (Å²) in [5.74, 6) is -0.740. The van der Waals surface area contributed by atoms with Gasteiger partial charge in [0, 0.05) is 21.0 Å². The quantitative estimate of drug-likeness (QED) is 0.587. The van der Waals surface area contributed by atoms with Crippen LogP contribution in [0.5, 0.6) is 5.75 Å². The van der Waals surface area contributed by atoms with Gasteiger partial charge in [0.05, 0.1) is 7.11 Å². The predicted molar refractivity (Wildman–Crippen MR) is 89.1 cm³/mol. The zero-order chi connectivity index (χ0) is 17.6. The Balaban J connectivity index is 0.000000231. The Hall–Kier alpha value is -1.28. The van der Waals surface area contributed by atoms with E-state index in [-0.39, 0.29) is 21.7 Å². The fourth-order valence-corrected chi connectivity index (χ4v) is 2.10. The summed E-state index contributed by atoms with van der Waals surface area (Å²) < 4.78 is 17.7. The first kappa shape index (κ1) is 19.8. The molecule has 0 aromatic heterocycles. The average Bonchev–Trinajstić information content (AvgIpc) is 2.47. The number of ether oxygens (including phenoxy) is 1. The molecule has 23 heavy (non-hydrogen) atoms. The monoisotopic (exact) mass is 360 g/mol. The van der Waals surface area contributed by atoms with E-state index in [0.717, 1.165) is 0 Å². The molecule has 10 heteroatoms. The molecule has 2 aromatic rings. The lowest BCUT2D eigenvalue weighted by atomic mass is 9.80. The maximum absolute atomic E-state index is 13.1. The van der Waals surface area contributed by atoms with Crippen LogP contribution in [0.1, 0.15) is 0 Å². The Morgan fingerprint density at radius 3 is 2.04 bits per heavy atom. The SMILES string of the molecule is COc1cccc(B(O)O)c1F.OB(O)c1ccc(Cl)cc1Cl. The van der Waals surface area contributed by atoms with Gasteiger partial charge in [-0.2, -0.15) is 0 Å². The van der Waals surface area contributed by atoms with Crippen LogP contribution in [0.2, 0.25) is 10.0 Å². The van der Waals surface area contributed by atoms with Crippen molar-refractivity contribution in [1.29, 1.82) is 0 Å². The third kappa shape index (κ3) is 5.69. The van der Waals surface area contributed by atoms with Crippen molar-refractivity contribution in [2.45, 2.75) is 0 Å². The van der Waals surface area contributed by atoms with Gasteiger partial charge in [0.2, 0.25) is 0 Å². The summed E-state index contributed by atoms with van der Waals surface area (Å²) in [5, 5.41) is 35.5. The van der Waals surface area contributed by atoms with Crippen molar-refractivity contribution in [3.63, 3.8) is 0 Å². The molecule has 0 bridgehead atoms. The van der Waals surface area contributed by atoms with Crippen LogP contribution in [0.3, 0.4) is 0 Å². The molecule has 0 unspecified atom stereocenters. The van der Waals surface area contributed by atoms with Gasteiger partial charge in [-0.1, -0.05) is 41.4 Å². The van der Waals surface area contributed by atoms with Gasteiger partial charge in [-0.05, 0) is 18.2 Å². The molecule has 2 aromatic carbocycles. The van der Waals surface area contributed by atoms with Crippen LogP contribution < -0.4 is 15.7 Å². The maximum Gasteiger partial charge on any atom is 0.491 e. The molecule has 0 heterocycles. The zero-order valence-corrected chi connectivity index (χ0v) is 13.5. The van der Waals surface area contributed by atoms with E-state index in [2.05, 4.69) is 4.74 Å². The molecule has 122 valence electrons. The van der Waals surface area contributed by atoms with Crippen LogP contribution in [-0.4, -0.2) is 41.4 Å². The molecular formula is C13H13B2Cl2FO5. The molecule has 0 saturated heterocycles. The van der Waals surface area contributed by atoms with Crippen LogP contribution in [0, 0.1) is 5.82 Å². The molecule has 5 nitrogen and oxygen atoms in total. The summed E-state index contributed by atoms with van der Waals surface area (Å²) >= 11 is 11.2. The summed E-state index contributed by atoms with van der Waals surface area (Å²) in [6, 6.07) is 8.63. The Kier molecular flexibility index (Phi) is 7.84. The smallest absolute Gasteiger partial charge is 0.491 e. The van der Waals surface area contributed by atoms with Crippen LogP contribution in [0.25, 0.3) is 0 Å². The van der Waals surface area contributed by atoms with Crippen molar-refractivity contribution < 1.29 is 29.2 Å². The molecule has 0 aliphatic carbocycles. The van der Waals surface area contributed by atoms with Gasteiger partial charge in [-0.25, -0.2) is 4.39 Å². The summed E-state index contributed by atoms with van der Waals surface area (Å²) in [6.07, 6.45) is 0. The van der Waals surface area contributed by atoms with Crippen molar-refractivity contribution in [3.05, 3.63) is 52.3 Å². The van der Waals surface area contributed by atoms with E-state index < -0.39 is 20.1 Å². The maximum atomic E-state index is 13.1. The molecule has 0 aliphatic heterocycles. The van der Waals surface area contributed by atoms with E-state index >= 15 is 0 Å². The zero-order valence-electron chi connectivity index (χ0n) is 11.9. The number of halogens is 3. The fourth-order valence-electron chi connectivity index (χ4n) is 1.60. The second-order valence-corrected chi connectivity index (χ2v) is 5.12. The van der Waals surface area contributed by atoms with Crippen LogP contribution in [0.15, 0.2) is 36.4 Å². The molecule has 0 amide bonds. The van der Waals surface area contributed by atoms with Crippen molar-refractivity contribution in [2.75, 3.05) is 7.11 Å². The molecule has 0 aliphatic rings. The minimum absolute atomic E-state index is 0.000556. The van der Waals surface area contributed by atoms with Gasteiger partial charge in [0.15, 0.2) is 11.6 Å². The van der Waals surface area contributed by atoms with Gasteiger partial charge >= 0.3 is 14.2 Å². The highest BCUT2D eigenvalue weighted by atomic mass is 35.5. The molecule has 0 atom stereocenters. The van der Waals surface area contributed by atoms with Crippen molar-refractivity contribution in [2.24, 2.45) is 0 Å². The molecule has 2 rings (SSSR count). The van der Waals surface area contributed by atoms with Crippen LogP contribution in [-0.2, 0) is 0 Å². The third-order valence-corrected chi connectivity index (χ3v) is 3.29. The second-order valence-electron chi connectivity index (χ2n) is 4.28. The Labute approximate surface area is 143 Å². The van der Waals surface area contributed by atoms with Crippen molar-refractivity contribution in [1.82, 2.24) is 0 Å². The average molecular weight is 361 g/mol. The van der Waals surface area contributed by atoms with Gasteiger partial charge < -0.3 is 24.8 Å². The molecule has 0 fully saturated rings. The van der Waals surface area contributed by atoms with Crippen LogP contribution in [0.4, 0.5) is 4.39 Å². The number of methoxy groups -OCH3 is 1. The highest BCUT2D eigenvalue weighted by molar-refractivity contribution is 6.62. The Morgan fingerprint density at radius 2 is 1.57 bits per heavy atom. The minimum Gasteiger partial charge on any atom is -0.494 e. The molecule has 4 N–H and O–H groups in total. The van der Waals surface area contributed by atoms with E-state index in [9.17, 15) is 4.39 Å². The molecular weight excluding hydrogens is 348 g/mol. The summed E-state index contributed by atoms with van der Waals surface area (Å²) in [5.41, 5.74) is 0.0745. The van der Waals surface area contributed by atoms with E-state index in [1.54, 1.807) is 6.07 Å². The van der Waals surface area contributed by atoms with Crippen LogP contribution >= 0.6 is 23.2 Å². The van der Waals surface area contributed by atoms with Crippen molar-refractivity contribution >= 4 is 48.4 Å². The lowest BCUT2D eigenvalue weighted by Crippen LogP contribution is -2.32. The van der Waals surface area contributed by atoms with Crippen molar-refractivity contribution in [3.8, 4) is 5.75 Å². The standard InChI is InChI=1S/C7H8BFO3.C6H5BCl2O2/c1-12-6-4-2-3-5(7(6)9)8(10)11;8-4-1-2-5(7(10)11)6(9)3-4/h2-4,10-11H,1H3;1-3,10-11H. The van der Waals surface area contributed by atoms with E-state index in [0.29, 0.717) is 5.02 Å². The largest absolute Gasteiger partial charge is 0.494 e. The van der Waals surface area contributed by atoms with Gasteiger partial charge in [0.25, 0.3) is 0 Å². The van der Waals surface area contributed by atoms with Gasteiger partial charge in [-0.3, -0.25) is 0 Å². The highest BCUT2D eigenvalue weighted by Gasteiger charge is 2.18. The molecule has 0 radical (unpaired) electrons. The normalized spacial score (nSPS) is 9.74. The number of rotatable bonds is 3. The second kappa shape index (κ2) is 9.12. The van der Waals surface area contributed by atoms with Gasteiger partial charge in [-0.15, -0.1) is 0 Å². The Morgan fingerprint density at radius 1 is 0.957 bits per heavy atom. The van der Waals surface area contributed by atoms with E-state index in [1.165, 1.54) is 37.4 Å². The molecule has 0 saturated carbocycles. The number of hydrogen-bond acceptors (Lipinski definition) is 5. The van der Waals surface area contributed by atoms with E-state index in [1.807, 2.05) is 0 Å². The first-order valence-corrected chi connectivity index (χ1v) is 7.03. The fraction of sp³-hybridized carbons (Fsp3) is 0.0769. The minimum atomic E-state index is -1.81. The van der Waals surface area contributed by atoms with E-state index in [4.69, 9.17) is 43.3 Å². The highest BCUT2D eigenvalue weighted by Crippen LogP contribution is 2.13. The summed E-state index contributed by atoms with van der Waals surface area (Å²) in [4.78, 5) is 0. The summed E-state index contributed by atoms with van der Waals surface area (Å²) in [7, 11) is -2.04. The topological polar surface area (TPSA) is 90.2 Å². The Bertz CT molecular complexity index is 658. The first-order chi connectivity index (χ1) is 10.8.